The maximum Gasteiger partial charge on any atom is 0.261 e. The molecule has 174 valence electrons. The van der Waals surface area contributed by atoms with Gasteiger partial charge in [0.05, 0.1) is 6.10 Å². The minimum atomic E-state index is -2.49. The highest BCUT2D eigenvalue weighted by Crippen LogP contribution is 2.36. The Balaban J connectivity index is 1.66. The minimum absolute atomic E-state index is 0.0242. The quantitative estimate of drug-likeness (QED) is 0.169. The van der Waals surface area contributed by atoms with Crippen molar-refractivity contribution >= 4 is 30.5 Å². The Hall–Kier alpha value is -2.11. The number of benzene rings is 3. The van der Waals surface area contributed by atoms with Gasteiger partial charge >= 0.3 is 0 Å². The second kappa shape index (κ2) is 11.8. The summed E-state index contributed by atoms with van der Waals surface area (Å²) in [7, 11) is -2.49. The predicted molar refractivity (Wildman–Crippen MR) is 145 cm³/mol. The van der Waals surface area contributed by atoms with E-state index in [1.54, 1.807) is 11.8 Å². The molecule has 0 aliphatic rings. The van der Waals surface area contributed by atoms with Crippen LogP contribution in [0.25, 0.3) is 0 Å². The first-order chi connectivity index (χ1) is 15.8. The topological polar surface area (TPSA) is 29.5 Å². The van der Waals surface area contributed by atoms with Crippen LogP contribution < -0.4 is 10.4 Å². The molecule has 0 radical (unpaired) electrons. The summed E-state index contributed by atoms with van der Waals surface area (Å²) < 4.78 is 6.89. The lowest BCUT2D eigenvalue weighted by atomic mass is 10.2. The first kappa shape index (κ1) is 25.5. The Morgan fingerprint density at radius 1 is 0.879 bits per heavy atom. The van der Waals surface area contributed by atoms with E-state index in [0.717, 1.165) is 6.42 Å². The van der Waals surface area contributed by atoms with Crippen molar-refractivity contribution < 1.29 is 9.53 Å². The number of hydrogen-bond donors (Lipinski definition) is 1. The van der Waals surface area contributed by atoms with Crippen LogP contribution in [0.3, 0.4) is 0 Å². The van der Waals surface area contributed by atoms with E-state index in [0.29, 0.717) is 12.4 Å². The molecular weight excluding hydrogens is 440 g/mol. The number of rotatable bonds is 10. The van der Waals surface area contributed by atoms with Crippen molar-refractivity contribution in [3.63, 3.8) is 0 Å². The van der Waals surface area contributed by atoms with E-state index in [1.807, 2.05) is 6.08 Å². The number of hydrogen-bond acceptors (Lipinski definition) is 3. The van der Waals surface area contributed by atoms with Crippen molar-refractivity contribution in [3.8, 4) is 0 Å². The molecule has 3 aromatic rings. The van der Waals surface area contributed by atoms with Gasteiger partial charge < -0.3 is 9.53 Å². The van der Waals surface area contributed by atoms with E-state index in [9.17, 15) is 5.11 Å². The van der Waals surface area contributed by atoms with Crippen LogP contribution in [0.15, 0.2) is 102 Å². The molecule has 0 heterocycles. The molecule has 0 aliphatic heterocycles. The zero-order valence-electron chi connectivity index (χ0n) is 20.2. The van der Waals surface area contributed by atoms with Gasteiger partial charge in [-0.3, -0.25) is 0 Å². The first-order valence-corrected chi connectivity index (χ1v) is 14.5. The highest BCUT2D eigenvalue weighted by molar-refractivity contribution is 7.99. The molecule has 3 rings (SSSR count). The molecule has 4 heteroatoms. The Morgan fingerprint density at radius 3 is 1.94 bits per heavy atom. The van der Waals surface area contributed by atoms with Crippen molar-refractivity contribution in [3.05, 3.63) is 103 Å². The molecule has 0 fully saturated rings. The van der Waals surface area contributed by atoms with E-state index < -0.39 is 14.4 Å². The highest BCUT2D eigenvalue weighted by Gasteiger charge is 2.49. The second-order valence-electron chi connectivity index (χ2n) is 9.42. The second-order valence-corrected chi connectivity index (χ2v) is 14.8. The monoisotopic (exact) mass is 476 g/mol. The summed E-state index contributed by atoms with van der Waals surface area (Å²) in [6, 6.07) is 29.8. The van der Waals surface area contributed by atoms with Gasteiger partial charge in [-0.2, -0.15) is 0 Å². The van der Waals surface area contributed by atoms with Crippen LogP contribution >= 0.6 is 11.8 Å². The van der Waals surface area contributed by atoms with Gasteiger partial charge in [-0.25, -0.2) is 0 Å². The van der Waals surface area contributed by atoms with Gasteiger partial charge in [0.15, 0.2) is 0 Å². The third kappa shape index (κ3) is 6.70. The average molecular weight is 477 g/mol. The zero-order chi connectivity index (χ0) is 23.7. The lowest BCUT2D eigenvalue weighted by Crippen LogP contribution is -2.66. The summed E-state index contributed by atoms with van der Waals surface area (Å²) >= 11 is 1.68. The SMILES string of the molecule is Cc1ccc(SC[C@@H](O)/C=C\CCO[Si](c2ccccc2)(c2ccccc2)C(C)(C)C)cc1. The predicted octanol–water partition coefficient (Wildman–Crippen LogP) is 5.97. The van der Waals surface area contributed by atoms with Crippen LogP contribution in [-0.2, 0) is 4.43 Å². The molecule has 0 spiro atoms. The van der Waals surface area contributed by atoms with Gasteiger partial charge in [0, 0.05) is 17.3 Å². The normalized spacial score (nSPS) is 13.4. The molecule has 2 nitrogen and oxygen atoms in total. The highest BCUT2D eigenvalue weighted by atomic mass is 32.2. The smallest absolute Gasteiger partial charge is 0.261 e. The molecule has 0 aromatic heterocycles. The largest absolute Gasteiger partial charge is 0.407 e. The maximum absolute atomic E-state index is 10.4. The third-order valence-corrected chi connectivity index (χ3v) is 12.0. The Bertz CT molecular complexity index is 956. The zero-order valence-corrected chi connectivity index (χ0v) is 22.0. The van der Waals surface area contributed by atoms with Gasteiger partial charge in [0.1, 0.15) is 0 Å². The van der Waals surface area contributed by atoms with E-state index in [4.69, 9.17) is 4.43 Å². The molecule has 33 heavy (non-hydrogen) atoms. The van der Waals surface area contributed by atoms with E-state index in [1.165, 1.54) is 20.8 Å². The molecule has 0 aliphatic carbocycles. The summed E-state index contributed by atoms with van der Waals surface area (Å²) in [4.78, 5) is 1.18. The summed E-state index contributed by atoms with van der Waals surface area (Å²) in [6.07, 6.45) is 4.26. The third-order valence-electron chi connectivity index (χ3n) is 5.82. The fourth-order valence-electron chi connectivity index (χ4n) is 4.17. The molecule has 1 atom stereocenters. The van der Waals surface area contributed by atoms with E-state index >= 15 is 0 Å². The number of thioether (sulfide) groups is 1. The van der Waals surface area contributed by atoms with Crippen LogP contribution in [0.4, 0.5) is 0 Å². The fourth-order valence-corrected chi connectivity index (χ4v) is 9.55. The Labute approximate surface area is 204 Å². The molecule has 3 aromatic carbocycles. The van der Waals surface area contributed by atoms with Crippen molar-refractivity contribution in [2.75, 3.05) is 12.4 Å². The van der Waals surface area contributed by atoms with Gasteiger partial charge in [-0.1, -0.05) is 111 Å². The van der Waals surface area contributed by atoms with Crippen LogP contribution in [0.5, 0.6) is 0 Å². The lowest BCUT2D eigenvalue weighted by Gasteiger charge is -2.43. The maximum atomic E-state index is 10.4. The lowest BCUT2D eigenvalue weighted by molar-refractivity contribution is 0.247. The number of aliphatic hydroxyl groups is 1. The summed E-state index contributed by atoms with van der Waals surface area (Å²) in [5.41, 5.74) is 1.25. The van der Waals surface area contributed by atoms with E-state index in [2.05, 4.69) is 119 Å². The van der Waals surface area contributed by atoms with Gasteiger partial charge in [-0.05, 0) is 40.9 Å². The first-order valence-electron chi connectivity index (χ1n) is 11.6. The van der Waals surface area contributed by atoms with Crippen LogP contribution in [0, 0.1) is 6.92 Å². The van der Waals surface area contributed by atoms with Crippen molar-refractivity contribution in [1.82, 2.24) is 0 Å². The molecule has 0 unspecified atom stereocenters. The molecular formula is C29H36O2SSi. The summed E-state index contributed by atoms with van der Waals surface area (Å²) in [5.74, 6) is 0.648. The summed E-state index contributed by atoms with van der Waals surface area (Å²) in [6.45, 7) is 9.59. The van der Waals surface area contributed by atoms with E-state index in [-0.39, 0.29) is 5.04 Å². The fraction of sp³-hybridized carbons (Fsp3) is 0.310. The summed E-state index contributed by atoms with van der Waals surface area (Å²) in [5, 5.41) is 12.9. The molecule has 1 N–H and O–H groups in total. The average Bonchev–Trinajstić information content (AvgIpc) is 2.81. The van der Waals surface area contributed by atoms with Crippen LogP contribution in [0.1, 0.15) is 32.8 Å². The molecule has 0 saturated carbocycles. The number of aryl methyl sites for hydroxylation is 1. The molecule has 0 saturated heterocycles. The van der Waals surface area contributed by atoms with Crippen molar-refractivity contribution in [2.24, 2.45) is 0 Å². The van der Waals surface area contributed by atoms with Crippen molar-refractivity contribution in [1.29, 1.82) is 0 Å². The van der Waals surface area contributed by atoms with Gasteiger partial charge in [-0.15, -0.1) is 11.8 Å². The van der Waals surface area contributed by atoms with Gasteiger partial charge in [0.25, 0.3) is 8.32 Å². The van der Waals surface area contributed by atoms with Crippen LogP contribution in [-0.4, -0.2) is 31.9 Å². The minimum Gasteiger partial charge on any atom is -0.407 e. The van der Waals surface area contributed by atoms with Crippen LogP contribution in [0.2, 0.25) is 5.04 Å². The Morgan fingerprint density at radius 2 is 1.42 bits per heavy atom. The van der Waals surface area contributed by atoms with Gasteiger partial charge in [0.2, 0.25) is 0 Å². The van der Waals surface area contributed by atoms with Crippen molar-refractivity contribution in [2.45, 2.75) is 50.2 Å². The molecule has 0 bridgehead atoms. The Kier molecular flexibility index (Phi) is 9.16. The standard InChI is InChI=1S/C29H36O2SSi/c1-24-18-20-26(21-19-24)32-23-25(30)13-11-12-22-31-33(29(2,3)4,27-14-7-5-8-15-27)28-16-9-6-10-17-28/h5-11,13-21,25,30H,12,22-23H2,1-4H3/b13-11-/t25-/m0/s1. The molecule has 0 amide bonds. The number of aliphatic hydroxyl groups excluding tert-OH is 1.